The van der Waals surface area contributed by atoms with Crippen molar-refractivity contribution in [3.05, 3.63) is 18.0 Å². The van der Waals surface area contributed by atoms with Crippen molar-refractivity contribution >= 4 is 0 Å². The Hall–Kier alpha value is -0.870. The first-order valence-electron chi connectivity index (χ1n) is 6.55. The number of aromatic nitrogens is 2. The Morgan fingerprint density at radius 2 is 2.24 bits per heavy atom. The second kappa shape index (κ2) is 5.19. The predicted molar refractivity (Wildman–Crippen MR) is 69.6 cm³/mol. The van der Waals surface area contributed by atoms with Crippen molar-refractivity contribution < 1.29 is 0 Å². The molecule has 1 heterocycles. The molecule has 0 bridgehead atoms. The van der Waals surface area contributed by atoms with Crippen LogP contribution in [-0.2, 0) is 6.54 Å². The molecule has 1 atom stereocenters. The lowest BCUT2D eigenvalue weighted by atomic mass is 10.1. The Labute approximate surface area is 104 Å². The Kier molecular flexibility index (Phi) is 3.84. The SMILES string of the molecule is CC(C)n1cc(CN(C)C(CN)C2CC2)cn1. The molecule has 0 saturated heterocycles. The minimum absolute atomic E-state index is 0.433. The van der Waals surface area contributed by atoms with E-state index in [4.69, 9.17) is 5.73 Å². The van der Waals surface area contributed by atoms with Gasteiger partial charge in [0.1, 0.15) is 0 Å². The Morgan fingerprint density at radius 3 is 2.71 bits per heavy atom. The lowest BCUT2D eigenvalue weighted by Gasteiger charge is -2.26. The summed E-state index contributed by atoms with van der Waals surface area (Å²) < 4.78 is 2.01. The molecule has 1 aliphatic rings. The van der Waals surface area contributed by atoms with Crippen molar-refractivity contribution in [2.24, 2.45) is 11.7 Å². The summed E-state index contributed by atoms with van der Waals surface area (Å²) in [5.74, 6) is 0.824. The van der Waals surface area contributed by atoms with Gasteiger partial charge in [-0.1, -0.05) is 0 Å². The number of hydrogen-bond acceptors (Lipinski definition) is 3. The summed E-state index contributed by atoms with van der Waals surface area (Å²) in [6, 6.07) is 0.972. The van der Waals surface area contributed by atoms with Crippen LogP contribution in [0.15, 0.2) is 12.4 Å². The van der Waals surface area contributed by atoms with Crippen molar-refractivity contribution in [1.29, 1.82) is 0 Å². The van der Waals surface area contributed by atoms with Crippen LogP contribution >= 0.6 is 0 Å². The number of hydrogen-bond donors (Lipinski definition) is 1. The van der Waals surface area contributed by atoms with Crippen molar-refractivity contribution in [2.75, 3.05) is 13.6 Å². The third-order valence-corrected chi connectivity index (χ3v) is 3.59. The van der Waals surface area contributed by atoms with Gasteiger partial charge in [0.25, 0.3) is 0 Å². The van der Waals surface area contributed by atoms with Crippen molar-refractivity contribution in [2.45, 2.75) is 45.3 Å². The molecule has 2 rings (SSSR count). The van der Waals surface area contributed by atoms with Crippen LogP contribution in [0.3, 0.4) is 0 Å². The normalized spacial score (nSPS) is 18.0. The van der Waals surface area contributed by atoms with Crippen LogP contribution in [0.4, 0.5) is 0 Å². The van der Waals surface area contributed by atoms with Crippen LogP contribution in [0.1, 0.15) is 38.3 Å². The molecule has 0 spiro atoms. The van der Waals surface area contributed by atoms with Crippen molar-refractivity contribution in [3.63, 3.8) is 0 Å². The van der Waals surface area contributed by atoms with Gasteiger partial charge in [-0.25, -0.2) is 0 Å². The first-order chi connectivity index (χ1) is 8.11. The molecule has 4 nitrogen and oxygen atoms in total. The molecule has 1 aliphatic carbocycles. The standard InChI is InChI=1S/C13H24N4/c1-10(2)17-9-11(7-15-17)8-16(3)13(6-14)12-4-5-12/h7,9-10,12-13H,4-6,8,14H2,1-3H3. The molecule has 1 fully saturated rings. The molecule has 0 amide bonds. The van der Waals surface area contributed by atoms with Crippen LogP contribution in [-0.4, -0.2) is 34.3 Å². The van der Waals surface area contributed by atoms with E-state index < -0.39 is 0 Å². The summed E-state index contributed by atoms with van der Waals surface area (Å²) >= 11 is 0. The number of likely N-dealkylation sites (N-methyl/N-ethyl adjacent to an activating group) is 1. The van der Waals surface area contributed by atoms with Gasteiger partial charge >= 0.3 is 0 Å². The fraction of sp³-hybridized carbons (Fsp3) is 0.769. The largest absolute Gasteiger partial charge is 0.329 e. The smallest absolute Gasteiger partial charge is 0.0534 e. The van der Waals surface area contributed by atoms with Gasteiger partial charge < -0.3 is 5.73 Å². The van der Waals surface area contributed by atoms with Gasteiger partial charge in [0.05, 0.1) is 6.20 Å². The van der Waals surface area contributed by atoms with Crippen molar-refractivity contribution in [1.82, 2.24) is 14.7 Å². The minimum Gasteiger partial charge on any atom is -0.329 e. The topological polar surface area (TPSA) is 47.1 Å². The number of rotatable bonds is 6. The number of nitrogens with two attached hydrogens (primary N) is 1. The average molecular weight is 236 g/mol. The van der Waals surface area contributed by atoms with Crippen molar-refractivity contribution in [3.8, 4) is 0 Å². The molecule has 2 N–H and O–H groups in total. The molecular formula is C13H24N4. The third kappa shape index (κ3) is 3.07. The van der Waals surface area contributed by atoms with Gasteiger partial charge in [-0.15, -0.1) is 0 Å². The van der Waals surface area contributed by atoms with Gasteiger partial charge in [0.15, 0.2) is 0 Å². The zero-order chi connectivity index (χ0) is 12.4. The summed E-state index contributed by atoms with van der Waals surface area (Å²) in [7, 11) is 2.17. The predicted octanol–water partition coefficient (Wildman–Crippen LogP) is 1.63. The maximum absolute atomic E-state index is 5.86. The second-order valence-electron chi connectivity index (χ2n) is 5.48. The molecule has 17 heavy (non-hydrogen) atoms. The maximum atomic E-state index is 5.86. The van der Waals surface area contributed by atoms with Crippen LogP contribution in [0.25, 0.3) is 0 Å². The van der Waals surface area contributed by atoms with Crippen LogP contribution in [0.2, 0.25) is 0 Å². The quantitative estimate of drug-likeness (QED) is 0.816. The molecule has 0 aromatic carbocycles. The highest BCUT2D eigenvalue weighted by Crippen LogP contribution is 2.34. The zero-order valence-corrected chi connectivity index (χ0v) is 11.1. The molecule has 96 valence electrons. The fourth-order valence-electron chi connectivity index (χ4n) is 2.36. The van der Waals surface area contributed by atoms with E-state index >= 15 is 0 Å². The van der Waals surface area contributed by atoms with Crippen LogP contribution in [0, 0.1) is 5.92 Å². The van der Waals surface area contributed by atoms with E-state index in [-0.39, 0.29) is 0 Å². The molecule has 1 saturated carbocycles. The molecule has 4 heteroatoms. The van der Waals surface area contributed by atoms with E-state index in [1.807, 2.05) is 10.9 Å². The summed E-state index contributed by atoms with van der Waals surface area (Å²) in [6.45, 7) is 6.01. The van der Waals surface area contributed by atoms with E-state index in [9.17, 15) is 0 Å². The van der Waals surface area contributed by atoms with Gasteiger partial charge in [-0.2, -0.15) is 5.10 Å². The van der Waals surface area contributed by atoms with Crippen LogP contribution in [0.5, 0.6) is 0 Å². The second-order valence-corrected chi connectivity index (χ2v) is 5.48. The highest BCUT2D eigenvalue weighted by molar-refractivity contribution is 5.05. The monoisotopic (exact) mass is 236 g/mol. The average Bonchev–Trinajstić information content (AvgIpc) is 2.98. The first kappa shape index (κ1) is 12.6. The fourth-order valence-corrected chi connectivity index (χ4v) is 2.36. The summed E-state index contributed by atoms with van der Waals surface area (Å²) in [4.78, 5) is 2.37. The molecular weight excluding hydrogens is 212 g/mol. The van der Waals surface area contributed by atoms with Gasteiger partial charge in [0, 0.05) is 36.9 Å². The minimum atomic E-state index is 0.433. The van der Waals surface area contributed by atoms with E-state index in [2.05, 4.69) is 37.1 Å². The Morgan fingerprint density at radius 1 is 1.53 bits per heavy atom. The van der Waals surface area contributed by atoms with E-state index in [1.165, 1.54) is 18.4 Å². The highest BCUT2D eigenvalue weighted by atomic mass is 15.3. The van der Waals surface area contributed by atoms with Gasteiger partial charge in [-0.05, 0) is 39.7 Å². The summed E-state index contributed by atoms with van der Waals surface area (Å²) in [5.41, 5.74) is 7.14. The lowest BCUT2D eigenvalue weighted by molar-refractivity contribution is 0.215. The highest BCUT2D eigenvalue weighted by Gasteiger charge is 2.32. The van der Waals surface area contributed by atoms with E-state index in [0.717, 1.165) is 19.0 Å². The summed E-state index contributed by atoms with van der Waals surface area (Å²) in [6.07, 6.45) is 6.80. The van der Waals surface area contributed by atoms with E-state index in [1.54, 1.807) is 0 Å². The first-order valence-corrected chi connectivity index (χ1v) is 6.55. The summed E-state index contributed by atoms with van der Waals surface area (Å²) in [5, 5.41) is 4.37. The molecule has 1 unspecified atom stereocenters. The van der Waals surface area contributed by atoms with Gasteiger partial charge in [0.2, 0.25) is 0 Å². The van der Waals surface area contributed by atoms with E-state index in [0.29, 0.717) is 12.1 Å². The number of nitrogens with zero attached hydrogens (tertiary/aromatic N) is 3. The maximum Gasteiger partial charge on any atom is 0.0534 e. The third-order valence-electron chi connectivity index (χ3n) is 3.59. The molecule has 0 aliphatic heterocycles. The molecule has 0 radical (unpaired) electrons. The van der Waals surface area contributed by atoms with Gasteiger partial charge in [-0.3, -0.25) is 9.58 Å². The Balaban J connectivity index is 1.94. The molecule has 1 aromatic heterocycles. The molecule has 1 aromatic rings. The zero-order valence-electron chi connectivity index (χ0n) is 11.1. The van der Waals surface area contributed by atoms with Crippen LogP contribution < -0.4 is 5.73 Å². The lowest BCUT2D eigenvalue weighted by Crippen LogP contribution is -2.39. The Bertz CT molecular complexity index is 354.